The van der Waals surface area contributed by atoms with Crippen LogP contribution in [0.25, 0.3) is 0 Å². The fraction of sp³-hybridized carbons (Fsp3) is 0.355. The molecule has 1 N–H and O–H groups in total. The Labute approximate surface area is 257 Å². The number of hydrogen-bond acceptors (Lipinski definition) is 8. The van der Waals surface area contributed by atoms with Gasteiger partial charge in [-0.15, -0.1) is 0 Å². The minimum atomic E-state index is -4.50. The fourth-order valence-corrected chi connectivity index (χ4v) is 5.75. The van der Waals surface area contributed by atoms with Gasteiger partial charge in [0.2, 0.25) is 11.8 Å². The molecule has 0 saturated carbocycles. The number of aryl methyl sites for hydroxylation is 1. The van der Waals surface area contributed by atoms with Crippen molar-refractivity contribution >= 4 is 33.2 Å². The van der Waals surface area contributed by atoms with E-state index >= 15 is 0 Å². The Bertz CT molecular complexity index is 1580. The maximum atomic E-state index is 14.1. The van der Waals surface area contributed by atoms with Crippen molar-refractivity contribution in [1.82, 2.24) is 10.2 Å². The monoisotopic (exact) mass is 626 g/mol. The number of nitrogens with zero attached hydrogens (tertiary/aromatic N) is 3. The van der Waals surface area contributed by atoms with Crippen molar-refractivity contribution in [3.8, 4) is 11.5 Å². The van der Waals surface area contributed by atoms with E-state index in [9.17, 15) is 28.1 Å². The topological polar surface area (TPSA) is 148 Å². The number of benzene rings is 3. The van der Waals surface area contributed by atoms with Crippen LogP contribution in [0.5, 0.6) is 11.5 Å². The molecule has 3 rings (SSSR count). The van der Waals surface area contributed by atoms with Gasteiger partial charge in [-0.2, -0.15) is 0 Å². The number of nitro groups is 1. The van der Waals surface area contributed by atoms with E-state index in [-0.39, 0.29) is 34.3 Å². The number of sulfonamides is 1. The summed E-state index contributed by atoms with van der Waals surface area (Å²) < 4.78 is 39.4. The van der Waals surface area contributed by atoms with Gasteiger partial charge in [-0.25, -0.2) is 8.42 Å². The number of methoxy groups -OCH3 is 2. The molecule has 0 spiro atoms. The van der Waals surface area contributed by atoms with E-state index in [4.69, 9.17) is 9.47 Å². The first-order valence-electron chi connectivity index (χ1n) is 13.9. The molecule has 0 fully saturated rings. The van der Waals surface area contributed by atoms with Crippen molar-refractivity contribution in [3.63, 3.8) is 0 Å². The summed E-state index contributed by atoms with van der Waals surface area (Å²) in [6, 6.07) is 15.6. The first kappa shape index (κ1) is 33.8. The predicted octanol–water partition coefficient (Wildman–Crippen LogP) is 4.31. The average molecular weight is 627 g/mol. The standard InChI is InChI=1S/C31H38N4O8S/c1-21(2)18-32-31(37)23(4)33(19-24-8-12-26(42-5)13-9-24)30(36)20-34(25-10-14-27(43-6)15-11-25)44(40,41)28-16-7-22(3)29(17-28)35(38)39/h7-17,21,23H,18-20H2,1-6H3,(H,32,37). The molecule has 13 heteroatoms. The quantitative estimate of drug-likeness (QED) is 0.206. The molecule has 2 amide bonds. The summed E-state index contributed by atoms with van der Waals surface area (Å²) in [7, 11) is -1.51. The van der Waals surface area contributed by atoms with Crippen molar-refractivity contribution in [1.29, 1.82) is 0 Å². The number of carbonyl (C=O) groups is 2. The van der Waals surface area contributed by atoms with Crippen molar-refractivity contribution in [2.45, 2.75) is 45.2 Å². The van der Waals surface area contributed by atoms with E-state index in [0.717, 1.165) is 10.4 Å². The number of hydrogen-bond donors (Lipinski definition) is 1. The summed E-state index contributed by atoms with van der Waals surface area (Å²) in [5.41, 5.74) is 0.732. The molecule has 1 unspecified atom stereocenters. The molecule has 44 heavy (non-hydrogen) atoms. The molecule has 3 aromatic carbocycles. The highest BCUT2D eigenvalue weighted by Crippen LogP contribution is 2.29. The average Bonchev–Trinajstić information content (AvgIpc) is 3.01. The van der Waals surface area contributed by atoms with Crippen LogP contribution in [0, 0.1) is 23.0 Å². The number of ether oxygens (including phenoxy) is 2. The third-order valence-electron chi connectivity index (χ3n) is 6.97. The molecule has 12 nitrogen and oxygen atoms in total. The summed E-state index contributed by atoms with van der Waals surface area (Å²) >= 11 is 0. The lowest BCUT2D eigenvalue weighted by molar-refractivity contribution is -0.385. The lowest BCUT2D eigenvalue weighted by Gasteiger charge is -2.32. The van der Waals surface area contributed by atoms with Crippen molar-refractivity contribution < 1.29 is 32.4 Å². The lowest BCUT2D eigenvalue weighted by atomic mass is 10.1. The molecule has 0 aliphatic rings. The molecule has 236 valence electrons. The van der Waals surface area contributed by atoms with Crippen LogP contribution >= 0.6 is 0 Å². The molecule has 0 aliphatic heterocycles. The molecule has 0 aliphatic carbocycles. The Morgan fingerprint density at radius 2 is 1.50 bits per heavy atom. The minimum Gasteiger partial charge on any atom is -0.497 e. The van der Waals surface area contributed by atoms with E-state index in [1.54, 1.807) is 31.2 Å². The van der Waals surface area contributed by atoms with Crippen LogP contribution in [-0.2, 0) is 26.2 Å². The molecule has 0 bridgehead atoms. The van der Waals surface area contributed by atoms with Gasteiger partial charge in [-0.3, -0.25) is 24.0 Å². The van der Waals surface area contributed by atoms with Crippen LogP contribution < -0.4 is 19.1 Å². The maximum absolute atomic E-state index is 14.1. The van der Waals surface area contributed by atoms with Gasteiger partial charge in [-0.05, 0) is 67.8 Å². The Balaban J connectivity index is 2.07. The van der Waals surface area contributed by atoms with E-state index in [2.05, 4.69) is 5.32 Å². The summed E-state index contributed by atoms with van der Waals surface area (Å²) in [5, 5.41) is 14.4. The van der Waals surface area contributed by atoms with Crippen LogP contribution in [0.1, 0.15) is 31.9 Å². The number of nitrogens with one attached hydrogen (secondary N) is 1. The molecular weight excluding hydrogens is 588 g/mol. The summed E-state index contributed by atoms with van der Waals surface area (Å²) in [6.07, 6.45) is 0. The van der Waals surface area contributed by atoms with E-state index < -0.39 is 39.3 Å². The van der Waals surface area contributed by atoms with Gasteiger partial charge in [0.15, 0.2) is 0 Å². The largest absolute Gasteiger partial charge is 0.497 e. The molecule has 0 saturated heterocycles. The highest BCUT2D eigenvalue weighted by molar-refractivity contribution is 7.92. The van der Waals surface area contributed by atoms with Crippen LogP contribution in [0.15, 0.2) is 71.6 Å². The van der Waals surface area contributed by atoms with Crippen LogP contribution in [0.3, 0.4) is 0 Å². The molecule has 0 heterocycles. The third kappa shape index (κ3) is 8.25. The van der Waals surface area contributed by atoms with Gasteiger partial charge in [0.25, 0.3) is 15.7 Å². The second kappa shape index (κ2) is 14.7. The molecular formula is C31H38N4O8S. The maximum Gasteiger partial charge on any atom is 0.273 e. The molecule has 0 radical (unpaired) electrons. The molecule has 3 aromatic rings. The van der Waals surface area contributed by atoms with Gasteiger partial charge in [0.05, 0.1) is 29.7 Å². The van der Waals surface area contributed by atoms with Gasteiger partial charge in [0.1, 0.15) is 24.1 Å². The number of rotatable bonds is 14. The van der Waals surface area contributed by atoms with E-state index in [0.29, 0.717) is 23.6 Å². The number of anilines is 1. The van der Waals surface area contributed by atoms with Crippen LogP contribution in [0.4, 0.5) is 11.4 Å². The molecule has 1 atom stereocenters. The Morgan fingerprint density at radius 1 is 0.932 bits per heavy atom. The predicted molar refractivity (Wildman–Crippen MR) is 166 cm³/mol. The van der Waals surface area contributed by atoms with E-state index in [1.165, 1.54) is 62.4 Å². The van der Waals surface area contributed by atoms with Gasteiger partial charge < -0.3 is 19.7 Å². The Kier molecular flexibility index (Phi) is 11.3. The van der Waals surface area contributed by atoms with Crippen LogP contribution in [0.2, 0.25) is 0 Å². The van der Waals surface area contributed by atoms with Crippen molar-refractivity contribution in [2.75, 3.05) is 31.6 Å². The van der Waals surface area contributed by atoms with Gasteiger partial charge in [-0.1, -0.05) is 32.0 Å². The Hall–Kier alpha value is -4.65. The zero-order valence-corrected chi connectivity index (χ0v) is 26.5. The zero-order valence-electron chi connectivity index (χ0n) is 25.6. The summed E-state index contributed by atoms with van der Waals surface area (Å²) in [6.45, 7) is 6.68. The second-order valence-electron chi connectivity index (χ2n) is 10.6. The van der Waals surface area contributed by atoms with Crippen molar-refractivity contribution in [2.24, 2.45) is 5.92 Å². The zero-order chi connectivity index (χ0) is 32.6. The number of nitro benzene ring substituents is 1. The highest BCUT2D eigenvalue weighted by Gasteiger charge is 2.33. The first-order chi connectivity index (χ1) is 20.8. The highest BCUT2D eigenvalue weighted by atomic mass is 32.2. The SMILES string of the molecule is COc1ccc(CN(C(=O)CN(c2ccc(OC)cc2)S(=O)(=O)c2ccc(C)c([N+](=O)[O-])c2)C(C)C(=O)NCC(C)C)cc1. The normalized spacial score (nSPS) is 11.9. The number of amides is 2. The summed E-state index contributed by atoms with van der Waals surface area (Å²) in [5.74, 6) is 0.187. The van der Waals surface area contributed by atoms with Crippen LogP contribution in [-0.4, -0.2) is 63.4 Å². The lowest BCUT2D eigenvalue weighted by Crippen LogP contribution is -2.51. The van der Waals surface area contributed by atoms with Crippen molar-refractivity contribution in [3.05, 3.63) is 88.0 Å². The third-order valence-corrected chi connectivity index (χ3v) is 8.74. The molecule has 0 aromatic heterocycles. The van der Waals surface area contributed by atoms with Gasteiger partial charge in [0, 0.05) is 24.7 Å². The smallest absolute Gasteiger partial charge is 0.273 e. The first-order valence-corrected chi connectivity index (χ1v) is 15.3. The fourth-order valence-electron chi connectivity index (χ4n) is 4.31. The summed E-state index contributed by atoms with van der Waals surface area (Å²) in [4.78, 5) is 39.1. The second-order valence-corrected chi connectivity index (χ2v) is 12.5. The minimum absolute atomic E-state index is 0.00555. The Morgan fingerprint density at radius 3 is 2.02 bits per heavy atom. The van der Waals surface area contributed by atoms with Gasteiger partial charge >= 0.3 is 0 Å². The number of carbonyl (C=O) groups excluding carboxylic acids is 2. The van der Waals surface area contributed by atoms with E-state index in [1.807, 2.05) is 13.8 Å².